The van der Waals surface area contributed by atoms with Gasteiger partial charge in [0.25, 0.3) is 5.91 Å². The van der Waals surface area contributed by atoms with Gasteiger partial charge in [0.2, 0.25) is 5.91 Å². The number of fused-ring (bicyclic) bond motifs is 1. The molecule has 2 amide bonds. The lowest BCUT2D eigenvalue weighted by Gasteiger charge is -2.34. The van der Waals surface area contributed by atoms with E-state index in [0.29, 0.717) is 13.0 Å². The van der Waals surface area contributed by atoms with Gasteiger partial charge in [-0.1, -0.05) is 24.3 Å². The Kier molecular flexibility index (Phi) is 7.71. The molecule has 2 heterocycles. The van der Waals surface area contributed by atoms with Crippen molar-refractivity contribution in [3.8, 4) is 5.75 Å². The number of ether oxygens (including phenoxy) is 1. The van der Waals surface area contributed by atoms with Crippen LogP contribution >= 0.6 is 12.4 Å². The van der Waals surface area contributed by atoms with E-state index in [9.17, 15) is 9.59 Å². The predicted octanol–water partition coefficient (Wildman–Crippen LogP) is 3.22. The maximum atomic E-state index is 12.5. The smallest absolute Gasteiger partial charge is 0.253 e. The number of nitrogens with one attached hydrogen (secondary N) is 1. The minimum Gasteiger partial charge on any atom is -0.493 e. The zero-order valence-electron chi connectivity index (χ0n) is 17.0. The zero-order valence-corrected chi connectivity index (χ0v) is 17.8. The van der Waals surface area contributed by atoms with E-state index in [1.54, 1.807) is 0 Å². The third-order valence-electron chi connectivity index (χ3n) is 5.57. The molecule has 0 aromatic heterocycles. The lowest BCUT2D eigenvalue weighted by atomic mass is 10.0. The Bertz CT molecular complexity index is 867. The Labute approximate surface area is 183 Å². The van der Waals surface area contributed by atoms with E-state index in [1.807, 2.05) is 53.4 Å². The number of hydrogen-bond donors (Lipinski definition) is 1. The van der Waals surface area contributed by atoms with Crippen LogP contribution in [0.4, 0.5) is 5.69 Å². The predicted molar refractivity (Wildman–Crippen MR) is 120 cm³/mol. The number of nitrogens with zero attached hydrogens (tertiary/aromatic N) is 2. The summed E-state index contributed by atoms with van der Waals surface area (Å²) in [5.74, 6) is 1.06. The van der Waals surface area contributed by atoms with E-state index < -0.39 is 0 Å². The van der Waals surface area contributed by atoms with Crippen molar-refractivity contribution in [1.29, 1.82) is 0 Å². The second kappa shape index (κ2) is 10.5. The molecule has 2 aliphatic rings. The summed E-state index contributed by atoms with van der Waals surface area (Å²) in [6.07, 6.45) is 2.18. The maximum absolute atomic E-state index is 12.5. The van der Waals surface area contributed by atoms with Crippen LogP contribution in [0.15, 0.2) is 48.5 Å². The molecule has 2 aromatic carbocycles. The molecule has 160 valence electrons. The summed E-state index contributed by atoms with van der Waals surface area (Å²) in [4.78, 5) is 28.4. The highest BCUT2D eigenvalue weighted by atomic mass is 35.5. The Balaban J connectivity index is 0.00000256. The van der Waals surface area contributed by atoms with Crippen LogP contribution in [-0.4, -0.2) is 60.9 Å². The first-order valence-corrected chi connectivity index (χ1v) is 10.3. The summed E-state index contributed by atoms with van der Waals surface area (Å²) in [6.45, 7) is 4.92. The molecule has 0 unspecified atom stereocenters. The first-order chi connectivity index (χ1) is 14.2. The molecule has 0 spiro atoms. The lowest BCUT2D eigenvalue weighted by molar-refractivity contribution is -0.116. The Morgan fingerprint density at radius 1 is 0.967 bits per heavy atom. The minimum absolute atomic E-state index is 0. The summed E-state index contributed by atoms with van der Waals surface area (Å²) in [7, 11) is 0. The third-order valence-corrected chi connectivity index (χ3v) is 5.57. The first kappa shape index (κ1) is 22.1. The number of anilines is 1. The molecular weight excluding hydrogens is 402 g/mol. The SMILES string of the molecule is Cl.O=C1CCc2c(cccc2OCCCN2CCN(C(=O)c3ccccc3)CC2)N1. The fourth-order valence-electron chi connectivity index (χ4n) is 3.94. The Morgan fingerprint density at radius 3 is 2.50 bits per heavy atom. The van der Waals surface area contributed by atoms with Gasteiger partial charge in [-0.3, -0.25) is 14.5 Å². The van der Waals surface area contributed by atoms with Crippen molar-refractivity contribution in [1.82, 2.24) is 9.80 Å². The van der Waals surface area contributed by atoms with Gasteiger partial charge in [0.15, 0.2) is 0 Å². The van der Waals surface area contributed by atoms with Gasteiger partial charge < -0.3 is 15.0 Å². The number of piperazine rings is 1. The summed E-state index contributed by atoms with van der Waals surface area (Å²) < 4.78 is 6.01. The van der Waals surface area contributed by atoms with Crippen LogP contribution in [0.1, 0.15) is 28.8 Å². The highest BCUT2D eigenvalue weighted by Gasteiger charge is 2.22. The van der Waals surface area contributed by atoms with Crippen molar-refractivity contribution >= 4 is 29.9 Å². The summed E-state index contributed by atoms with van der Waals surface area (Å²) in [5, 5.41) is 2.91. The minimum atomic E-state index is 0. The van der Waals surface area contributed by atoms with Gasteiger partial charge in [-0.25, -0.2) is 0 Å². The number of hydrogen-bond acceptors (Lipinski definition) is 4. The first-order valence-electron chi connectivity index (χ1n) is 10.3. The van der Waals surface area contributed by atoms with Crippen molar-refractivity contribution in [2.45, 2.75) is 19.3 Å². The number of benzene rings is 2. The topological polar surface area (TPSA) is 61.9 Å². The van der Waals surface area contributed by atoms with Gasteiger partial charge in [-0.05, 0) is 37.1 Å². The van der Waals surface area contributed by atoms with Gasteiger partial charge >= 0.3 is 0 Å². The molecule has 0 atom stereocenters. The molecule has 2 aliphatic heterocycles. The van der Waals surface area contributed by atoms with E-state index in [-0.39, 0.29) is 24.2 Å². The van der Waals surface area contributed by atoms with Crippen LogP contribution < -0.4 is 10.1 Å². The normalized spacial score (nSPS) is 16.3. The number of carbonyl (C=O) groups is 2. The highest BCUT2D eigenvalue weighted by molar-refractivity contribution is 5.95. The number of rotatable bonds is 6. The van der Waals surface area contributed by atoms with Crippen LogP contribution in [0.5, 0.6) is 5.75 Å². The van der Waals surface area contributed by atoms with E-state index in [4.69, 9.17) is 4.74 Å². The maximum Gasteiger partial charge on any atom is 0.253 e. The van der Waals surface area contributed by atoms with Crippen LogP contribution in [0.25, 0.3) is 0 Å². The fourth-order valence-corrected chi connectivity index (χ4v) is 3.94. The molecular formula is C23H28ClN3O3. The molecule has 6 nitrogen and oxygen atoms in total. The second-order valence-electron chi connectivity index (χ2n) is 7.53. The van der Waals surface area contributed by atoms with Crippen molar-refractivity contribution in [2.75, 3.05) is 44.6 Å². The Morgan fingerprint density at radius 2 is 1.73 bits per heavy atom. The molecule has 4 rings (SSSR count). The third kappa shape index (κ3) is 5.32. The van der Waals surface area contributed by atoms with Gasteiger partial charge in [0.1, 0.15) is 5.75 Å². The van der Waals surface area contributed by atoms with E-state index >= 15 is 0 Å². The van der Waals surface area contributed by atoms with E-state index in [1.165, 1.54) is 0 Å². The van der Waals surface area contributed by atoms with Crippen LogP contribution in [0, 0.1) is 0 Å². The largest absolute Gasteiger partial charge is 0.493 e. The summed E-state index contributed by atoms with van der Waals surface area (Å²) in [5.41, 5.74) is 2.73. The zero-order chi connectivity index (χ0) is 20.1. The molecule has 30 heavy (non-hydrogen) atoms. The summed E-state index contributed by atoms with van der Waals surface area (Å²) in [6, 6.07) is 15.3. The molecule has 0 saturated carbocycles. The van der Waals surface area contributed by atoms with Gasteiger partial charge in [-0.15, -0.1) is 12.4 Å². The molecule has 1 N–H and O–H groups in total. The monoisotopic (exact) mass is 429 g/mol. The molecule has 0 radical (unpaired) electrons. The van der Waals surface area contributed by atoms with Crippen LogP contribution in [-0.2, 0) is 11.2 Å². The van der Waals surface area contributed by atoms with Crippen LogP contribution in [0.3, 0.4) is 0 Å². The average molecular weight is 430 g/mol. The number of halogens is 1. The van der Waals surface area contributed by atoms with Gasteiger partial charge in [0, 0.05) is 56.0 Å². The van der Waals surface area contributed by atoms with Gasteiger partial charge in [-0.2, -0.15) is 0 Å². The molecule has 7 heteroatoms. The quantitative estimate of drug-likeness (QED) is 0.716. The van der Waals surface area contributed by atoms with Crippen LogP contribution in [0.2, 0.25) is 0 Å². The van der Waals surface area contributed by atoms with E-state index in [0.717, 1.165) is 68.1 Å². The molecule has 0 aliphatic carbocycles. The average Bonchev–Trinajstić information content (AvgIpc) is 2.77. The number of amides is 2. The molecule has 1 saturated heterocycles. The summed E-state index contributed by atoms with van der Waals surface area (Å²) >= 11 is 0. The van der Waals surface area contributed by atoms with E-state index in [2.05, 4.69) is 10.2 Å². The van der Waals surface area contributed by atoms with Crippen molar-refractivity contribution < 1.29 is 14.3 Å². The Hall–Kier alpha value is -2.57. The highest BCUT2D eigenvalue weighted by Crippen LogP contribution is 2.31. The van der Waals surface area contributed by atoms with Crippen molar-refractivity contribution in [3.05, 3.63) is 59.7 Å². The molecule has 1 fully saturated rings. The second-order valence-corrected chi connectivity index (χ2v) is 7.53. The van der Waals surface area contributed by atoms with Crippen molar-refractivity contribution in [2.24, 2.45) is 0 Å². The molecule has 0 bridgehead atoms. The fraction of sp³-hybridized carbons (Fsp3) is 0.391. The van der Waals surface area contributed by atoms with Gasteiger partial charge in [0.05, 0.1) is 6.61 Å². The standard InChI is InChI=1S/C23H27N3O3.ClH/c27-22-11-10-19-20(24-22)8-4-9-21(19)29-17-5-12-25-13-15-26(16-14-25)23(28)18-6-2-1-3-7-18;/h1-4,6-9H,5,10-17H2,(H,24,27);1H. The lowest BCUT2D eigenvalue weighted by Crippen LogP contribution is -2.49. The van der Waals surface area contributed by atoms with Crippen molar-refractivity contribution in [3.63, 3.8) is 0 Å². The number of carbonyl (C=O) groups excluding carboxylic acids is 2. The molecule has 2 aromatic rings.